The molecule has 12 nitrogen and oxygen atoms in total. The summed E-state index contributed by atoms with van der Waals surface area (Å²) in [5.41, 5.74) is 2.08. The van der Waals surface area contributed by atoms with E-state index in [4.69, 9.17) is 5.21 Å². The molecule has 4 atom stereocenters. The summed E-state index contributed by atoms with van der Waals surface area (Å²) in [6.07, 6.45) is 5.22. The van der Waals surface area contributed by atoms with Crippen LogP contribution in [0.15, 0.2) is 89.0 Å². The number of nitrogens with zero attached hydrogens (tertiary/aromatic N) is 4. The fourth-order valence-corrected chi connectivity index (χ4v) is 7.22. The molecule has 49 heavy (non-hydrogen) atoms. The highest BCUT2D eigenvalue weighted by molar-refractivity contribution is 7.89. The highest BCUT2D eigenvalue weighted by atomic mass is 32.2. The average molecular weight is 693 g/mol. The van der Waals surface area contributed by atoms with Gasteiger partial charge in [-0.15, -0.1) is 0 Å². The molecule has 1 aromatic heterocycles. The van der Waals surface area contributed by atoms with E-state index < -0.39 is 40.1 Å². The number of amides is 3. The first-order valence-corrected chi connectivity index (χ1v) is 18.2. The van der Waals surface area contributed by atoms with E-state index >= 15 is 0 Å². The molecule has 3 amide bonds. The minimum atomic E-state index is -4.03. The Hall–Kier alpha value is -4.33. The van der Waals surface area contributed by atoms with Gasteiger partial charge in [0.05, 0.1) is 35.5 Å². The van der Waals surface area contributed by atoms with Crippen LogP contribution in [0.5, 0.6) is 0 Å². The number of aliphatic hydroxyl groups excluding tert-OH is 1. The van der Waals surface area contributed by atoms with Gasteiger partial charge in [-0.05, 0) is 66.5 Å². The third-order valence-electron chi connectivity index (χ3n) is 9.14. The van der Waals surface area contributed by atoms with Gasteiger partial charge in [0.2, 0.25) is 15.9 Å². The summed E-state index contributed by atoms with van der Waals surface area (Å²) in [6, 6.07) is 18.5. The first-order chi connectivity index (χ1) is 23.5. The Kier molecular flexibility index (Phi) is 13.7. The quantitative estimate of drug-likeness (QED) is 0.0943. The number of benzene rings is 2. The Morgan fingerprint density at radius 1 is 1.04 bits per heavy atom. The van der Waals surface area contributed by atoms with Crippen LogP contribution in [0.3, 0.4) is 0 Å². The molecule has 1 fully saturated rings. The molecule has 0 aliphatic heterocycles. The Morgan fingerprint density at radius 2 is 1.73 bits per heavy atom. The maximum absolute atomic E-state index is 14.0. The van der Waals surface area contributed by atoms with Crippen molar-refractivity contribution in [2.24, 2.45) is 17.0 Å². The van der Waals surface area contributed by atoms with Crippen LogP contribution in [0.1, 0.15) is 56.4 Å². The first kappa shape index (κ1) is 37.5. The zero-order valence-corrected chi connectivity index (χ0v) is 29.2. The molecular formula is C36H48N6O6S. The molecule has 1 aliphatic carbocycles. The van der Waals surface area contributed by atoms with Crippen molar-refractivity contribution in [3.8, 4) is 0 Å². The van der Waals surface area contributed by atoms with Crippen LogP contribution < -0.4 is 10.6 Å². The van der Waals surface area contributed by atoms with E-state index in [2.05, 4.69) is 20.8 Å². The van der Waals surface area contributed by atoms with Crippen molar-refractivity contribution < 1.29 is 28.3 Å². The minimum absolute atomic E-state index is 0.0483. The second-order valence-electron chi connectivity index (χ2n) is 12.8. The highest BCUT2D eigenvalue weighted by Gasteiger charge is 2.35. The normalized spacial score (nSPS) is 16.0. The van der Waals surface area contributed by atoms with E-state index in [1.807, 2.05) is 56.3 Å². The fraction of sp³-hybridized carbons (Fsp3) is 0.444. The molecule has 1 heterocycles. The highest BCUT2D eigenvalue weighted by Crippen LogP contribution is 2.30. The molecule has 4 rings (SSSR count). The van der Waals surface area contributed by atoms with Crippen molar-refractivity contribution in [1.29, 1.82) is 0 Å². The molecule has 0 bridgehead atoms. The maximum atomic E-state index is 14.0. The first-order valence-electron chi connectivity index (χ1n) is 16.7. The number of nitrogens with one attached hydrogen (secondary N) is 2. The number of aliphatic hydroxyl groups is 1. The number of pyridine rings is 1. The summed E-state index contributed by atoms with van der Waals surface area (Å²) in [4.78, 5) is 33.0. The van der Waals surface area contributed by atoms with Gasteiger partial charge in [-0.2, -0.15) is 4.31 Å². The van der Waals surface area contributed by atoms with Crippen LogP contribution >= 0.6 is 0 Å². The number of aromatic nitrogens is 1. The molecule has 1 aliphatic rings. The average Bonchev–Trinajstić information content (AvgIpc) is 3.08. The standard InChI is InChI=1S/C36H48N6O6S/c1-4-26(2)34(40-36(45)41(3)24-30-15-8-9-20-37-30)35(44)39-32(21-27-11-6-5-7-12-27)33(43)25-42(23-29-13-10-14-29)49(47,48)31-18-16-28(17-19-31)22-38-46/h5-9,11-12,15-20,22,26,29,32-34,43,46H,4,10,13-14,21,23-25H2,1-3H3,(H,39,44)(H,40,45)/b38-22+/t26-,32-,33+,34-/m0/s1. The molecule has 0 spiro atoms. The van der Waals surface area contributed by atoms with E-state index in [-0.39, 0.29) is 42.8 Å². The summed E-state index contributed by atoms with van der Waals surface area (Å²) >= 11 is 0. The number of urea groups is 1. The van der Waals surface area contributed by atoms with Gasteiger partial charge in [0.25, 0.3) is 0 Å². The van der Waals surface area contributed by atoms with Crippen molar-refractivity contribution in [2.45, 2.75) is 75.6 Å². The second kappa shape index (κ2) is 17.9. The fourth-order valence-electron chi connectivity index (χ4n) is 5.69. The number of oxime groups is 1. The van der Waals surface area contributed by atoms with Gasteiger partial charge >= 0.3 is 6.03 Å². The van der Waals surface area contributed by atoms with Gasteiger partial charge in [-0.25, -0.2) is 13.2 Å². The van der Waals surface area contributed by atoms with Gasteiger partial charge in [-0.3, -0.25) is 9.78 Å². The summed E-state index contributed by atoms with van der Waals surface area (Å²) in [5.74, 6) is -0.544. The van der Waals surface area contributed by atoms with Crippen molar-refractivity contribution in [3.05, 3.63) is 95.8 Å². The zero-order chi connectivity index (χ0) is 35.4. The van der Waals surface area contributed by atoms with Gasteiger partial charge in [-0.1, -0.05) is 80.4 Å². The number of hydrogen-bond acceptors (Lipinski definition) is 8. The Morgan fingerprint density at radius 3 is 2.33 bits per heavy atom. The van der Waals surface area contributed by atoms with Crippen molar-refractivity contribution in [1.82, 2.24) is 24.8 Å². The molecule has 4 N–H and O–H groups in total. The molecule has 264 valence electrons. The largest absolute Gasteiger partial charge is 0.411 e. The molecule has 13 heteroatoms. The Labute approximate surface area is 289 Å². The summed E-state index contributed by atoms with van der Waals surface area (Å²) in [6.45, 7) is 4.04. The van der Waals surface area contributed by atoms with E-state index in [0.717, 1.165) is 24.8 Å². The maximum Gasteiger partial charge on any atom is 0.318 e. The third-order valence-corrected chi connectivity index (χ3v) is 11.0. The number of carbonyl (C=O) groups excluding carboxylic acids is 2. The van der Waals surface area contributed by atoms with E-state index in [1.54, 1.807) is 31.4 Å². The van der Waals surface area contributed by atoms with Crippen molar-refractivity contribution in [3.63, 3.8) is 0 Å². The number of rotatable bonds is 17. The summed E-state index contributed by atoms with van der Waals surface area (Å²) < 4.78 is 29.2. The van der Waals surface area contributed by atoms with E-state index in [1.165, 1.54) is 27.6 Å². The molecular weight excluding hydrogens is 644 g/mol. The van der Waals surface area contributed by atoms with Crippen LogP contribution in [-0.2, 0) is 27.8 Å². The minimum Gasteiger partial charge on any atom is -0.411 e. The Bertz CT molecular complexity index is 1620. The van der Waals surface area contributed by atoms with E-state index in [0.29, 0.717) is 17.7 Å². The lowest BCUT2D eigenvalue weighted by molar-refractivity contribution is -0.125. The summed E-state index contributed by atoms with van der Waals surface area (Å²) in [7, 11) is -2.41. The lowest BCUT2D eigenvalue weighted by Crippen LogP contribution is -2.58. The van der Waals surface area contributed by atoms with Crippen LogP contribution in [0.25, 0.3) is 0 Å². The van der Waals surface area contributed by atoms with Crippen LogP contribution in [0, 0.1) is 11.8 Å². The van der Waals surface area contributed by atoms with Crippen molar-refractivity contribution >= 4 is 28.2 Å². The van der Waals surface area contributed by atoms with Crippen molar-refractivity contribution in [2.75, 3.05) is 20.1 Å². The molecule has 0 unspecified atom stereocenters. The predicted molar refractivity (Wildman–Crippen MR) is 187 cm³/mol. The lowest BCUT2D eigenvalue weighted by Gasteiger charge is -2.35. The SMILES string of the molecule is CC[C@H](C)[C@H](NC(=O)N(C)Cc1ccccn1)C(=O)N[C@@H](Cc1ccccc1)[C@H](O)CN(CC1CCC1)S(=O)(=O)c1ccc(/C=N/O)cc1. The zero-order valence-electron chi connectivity index (χ0n) is 28.4. The molecule has 2 aromatic carbocycles. The van der Waals surface area contributed by atoms with Crippen LogP contribution in [0.2, 0.25) is 0 Å². The number of hydrogen-bond donors (Lipinski definition) is 4. The molecule has 1 saturated carbocycles. The monoisotopic (exact) mass is 692 g/mol. The van der Waals surface area contributed by atoms with Gasteiger partial charge in [0.1, 0.15) is 6.04 Å². The van der Waals surface area contributed by atoms with Gasteiger partial charge in [0, 0.05) is 26.3 Å². The second-order valence-corrected chi connectivity index (χ2v) is 14.7. The van der Waals surface area contributed by atoms with Crippen LogP contribution in [0.4, 0.5) is 4.79 Å². The third kappa shape index (κ3) is 10.6. The Balaban J connectivity index is 1.56. The predicted octanol–water partition coefficient (Wildman–Crippen LogP) is 4.03. The smallest absolute Gasteiger partial charge is 0.318 e. The van der Waals surface area contributed by atoms with E-state index in [9.17, 15) is 23.1 Å². The molecule has 0 saturated heterocycles. The molecule has 0 radical (unpaired) electrons. The van der Waals surface area contributed by atoms with Crippen LogP contribution in [-0.4, -0.2) is 89.4 Å². The number of sulfonamides is 1. The number of carbonyl (C=O) groups is 2. The summed E-state index contributed by atoms with van der Waals surface area (Å²) in [5, 5.41) is 29.5. The topological polar surface area (TPSA) is 165 Å². The van der Waals surface area contributed by atoms with Gasteiger partial charge < -0.3 is 25.8 Å². The van der Waals surface area contributed by atoms with Gasteiger partial charge in [0.15, 0.2) is 0 Å². The molecule has 3 aromatic rings. The lowest BCUT2D eigenvalue weighted by atomic mass is 9.85.